The molecule has 0 radical (unpaired) electrons. The summed E-state index contributed by atoms with van der Waals surface area (Å²) < 4.78 is 85.0. The predicted molar refractivity (Wildman–Crippen MR) is 556 cm³/mol. The van der Waals surface area contributed by atoms with Crippen molar-refractivity contribution in [2.75, 3.05) is 169 Å². The number of aromatic nitrogens is 10. The lowest BCUT2D eigenvalue weighted by molar-refractivity contribution is -0.138. The zero-order valence-corrected chi connectivity index (χ0v) is 84.0. The molecule has 0 spiro atoms. The fourth-order valence-corrected chi connectivity index (χ4v) is 21.9. The summed E-state index contributed by atoms with van der Waals surface area (Å²) >= 11 is 38.2. The lowest BCUT2D eigenvalue weighted by Crippen LogP contribution is -2.55. The Kier molecular flexibility index (Phi) is 33.4. The molecule has 140 heavy (non-hydrogen) atoms. The fourth-order valence-electron chi connectivity index (χ4n) is 16.0. The van der Waals surface area contributed by atoms with Crippen LogP contribution in [-0.4, -0.2) is 229 Å². The van der Waals surface area contributed by atoms with Crippen LogP contribution in [0.25, 0.3) is 51.1 Å². The molecule has 0 saturated carbocycles. The first-order chi connectivity index (χ1) is 67.2. The first-order valence-electron chi connectivity index (χ1n) is 44.0. The summed E-state index contributed by atoms with van der Waals surface area (Å²) in [5.74, 6) is 3.99. The molecule has 0 unspecified atom stereocenters. The number of amides is 6. The standard InChI is InChI=1S/C20H20F3N5OS.C19H17ClF3N5OS.C19H20ClN5S.C18H17Cl2N5S.C18H18ClN5OS.CH2O/c1-12-5-6-15-16(10-12)30-18(25-15)26-19(29)28-9-8-27(11-13(28)2)17-14(20(21,22)23)4-3-7-24-17;1-11-10-27(16-13(19(21,22)23)3-2-6-24-16)7-8-28(11)18(29)26-17-25-14-5-4-12(20)9-15(14)30-17;1-13-5-6-16-17(12-13)26-19(23-16)22-14(2)24-8-10-25(11-9-24)18-15(20)4-3-7-21-18;1-12(22-18-23-15-5-4-13(19)11-16(15)26-18)24-7-9-25(10-8-24)17-14(20)3-2-6-21-17;1-12-4-5-14-15(11-12)26-17(21-14)22-18(25)24-9-7-23(8-10-24)16-13(19)3-2-6-20-16;1-2/h3-7,10,13H,8-9,11H2,1-2H3,(H,25,26,29);2-6,9,11H,7-8,10H2,1H3,(H,25,26,29);3-7,12H,2,8-11H2,1H3,(H,22,23);2-6,11H,1,7-10H2,(H,22,23);2-6,11H,7-10H2,1H3,(H,21,22,25);1H2/t13-;11-;;;;/m11..../s1. The van der Waals surface area contributed by atoms with E-state index >= 15 is 0 Å². The number of piperazine rings is 5. The maximum Gasteiger partial charge on any atom is 0.419 e. The van der Waals surface area contributed by atoms with Crippen molar-refractivity contribution in [2.24, 2.45) is 0 Å². The number of pyridine rings is 5. The molecule has 5 saturated heterocycles. The number of benzene rings is 5. The van der Waals surface area contributed by atoms with Crippen molar-refractivity contribution in [2.45, 2.75) is 59.1 Å². The van der Waals surface area contributed by atoms with Crippen LogP contribution in [0.2, 0.25) is 25.1 Å². The third-order valence-electron chi connectivity index (χ3n) is 23.0. The molecule has 6 amide bonds. The Morgan fingerprint density at radius 3 is 0.900 bits per heavy atom. The van der Waals surface area contributed by atoms with Gasteiger partial charge in [-0.3, -0.25) is 16.0 Å². The van der Waals surface area contributed by atoms with Crippen LogP contribution in [0.4, 0.5) is 95.5 Å². The Labute approximate surface area is 847 Å². The van der Waals surface area contributed by atoms with E-state index in [0.29, 0.717) is 61.7 Å². The zero-order valence-electron chi connectivity index (χ0n) is 76.1. The van der Waals surface area contributed by atoms with E-state index in [1.165, 1.54) is 74.4 Å². The monoisotopic (exact) mass is 2100 g/mol. The van der Waals surface area contributed by atoms with Gasteiger partial charge in [0.2, 0.25) is 0 Å². The van der Waals surface area contributed by atoms with Gasteiger partial charge in [0.05, 0.1) is 77.3 Å². The highest BCUT2D eigenvalue weighted by Crippen LogP contribution is 2.41. The van der Waals surface area contributed by atoms with Crippen LogP contribution in [0.1, 0.15) is 41.7 Å². The van der Waals surface area contributed by atoms with Crippen LogP contribution < -0.4 is 51.1 Å². The highest BCUT2D eigenvalue weighted by molar-refractivity contribution is 7.23. The fraction of sp³-hybridized carbons (Fsp3) is 0.284. The molecule has 5 fully saturated rings. The summed E-state index contributed by atoms with van der Waals surface area (Å²) in [7, 11) is 0. The number of fused-ring (bicyclic) bond motifs is 5. The van der Waals surface area contributed by atoms with Gasteiger partial charge < -0.3 is 64.4 Å². The summed E-state index contributed by atoms with van der Waals surface area (Å²) in [6.07, 6.45) is -0.994. The van der Waals surface area contributed by atoms with Crippen molar-refractivity contribution < 1.29 is 45.5 Å². The zero-order chi connectivity index (χ0) is 99.2. The van der Waals surface area contributed by atoms with E-state index in [4.69, 9.17) is 62.8 Å². The highest BCUT2D eigenvalue weighted by Gasteiger charge is 2.41. The number of aryl methyl sites for hydroxylation is 3. The molecule has 10 aromatic heterocycles. The molecule has 45 heteroatoms. The minimum absolute atomic E-state index is 0.0987. The van der Waals surface area contributed by atoms with Gasteiger partial charge in [-0.2, -0.15) is 26.3 Å². The summed E-state index contributed by atoms with van der Waals surface area (Å²) in [6.45, 7) is 31.1. The maximum atomic E-state index is 13.3. The van der Waals surface area contributed by atoms with Crippen molar-refractivity contribution in [3.8, 4) is 0 Å². The van der Waals surface area contributed by atoms with Gasteiger partial charge in [-0.25, -0.2) is 64.2 Å². The minimum Gasteiger partial charge on any atom is -0.355 e. The van der Waals surface area contributed by atoms with Crippen molar-refractivity contribution in [1.29, 1.82) is 0 Å². The largest absolute Gasteiger partial charge is 0.419 e. The first kappa shape index (κ1) is 102. The number of halogens is 11. The third-order valence-corrected chi connectivity index (χ3v) is 29.1. The van der Waals surface area contributed by atoms with Gasteiger partial charge in [0.15, 0.2) is 25.7 Å². The second-order valence-corrected chi connectivity index (χ2v) is 40.0. The summed E-state index contributed by atoms with van der Waals surface area (Å²) in [6, 6.07) is 43.6. The van der Waals surface area contributed by atoms with Crippen LogP contribution >= 0.6 is 115 Å². The summed E-state index contributed by atoms with van der Waals surface area (Å²) in [5, 5.41) is 21.8. The van der Waals surface area contributed by atoms with Crippen LogP contribution in [-0.2, 0) is 17.1 Å². The molecule has 5 N–H and O–H groups in total. The maximum absolute atomic E-state index is 13.3. The quantitative estimate of drug-likeness (QED) is 0.0632. The van der Waals surface area contributed by atoms with Gasteiger partial charge in [0, 0.05) is 171 Å². The molecule has 730 valence electrons. The Balaban J connectivity index is 0.000000132. The van der Waals surface area contributed by atoms with Crippen LogP contribution in [0, 0.1) is 20.8 Å². The molecule has 5 aromatic carbocycles. The van der Waals surface area contributed by atoms with Gasteiger partial charge in [-0.1, -0.05) is 146 Å². The number of alkyl halides is 6. The normalized spacial score (nSPS) is 15.7. The Morgan fingerprint density at radius 1 is 0.336 bits per heavy atom. The van der Waals surface area contributed by atoms with E-state index in [-0.39, 0.29) is 81.1 Å². The molecule has 15 aromatic rings. The highest BCUT2D eigenvalue weighted by atomic mass is 35.5. The number of carbonyl (C=O) groups is 4. The second-order valence-electron chi connectivity index (χ2n) is 32.7. The average molecular weight is 2100 g/mol. The molecule has 15 heterocycles. The van der Waals surface area contributed by atoms with Crippen molar-refractivity contribution in [3.05, 3.63) is 260 Å². The molecule has 2 atom stereocenters. The molecule has 0 bridgehead atoms. The van der Waals surface area contributed by atoms with Gasteiger partial charge >= 0.3 is 30.4 Å². The van der Waals surface area contributed by atoms with E-state index < -0.39 is 23.5 Å². The molecule has 0 aliphatic carbocycles. The molecule has 29 nitrogen and oxygen atoms in total. The summed E-state index contributed by atoms with van der Waals surface area (Å²) in [5.41, 5.74) is 6.41. The van der Waals surface area contributed by atoms with Crippen LogP contribution in [0.15, 0.2) is 207 Å². The number of nitrogens with zero attached hydrogens (tertiary/aromatic N) is 20. The first-order valence-corrected chi connectivity index (χ1v) is 50.0. The van der Waals surface area contributed by atoms with E-state index in [1.54, 1.807) is 90.9 Å². The smallest absolute Gasteiger partial charge is 0.355 e. The molecule has 20 rings (SSSR count). The number of anilines is 10. The SMILES string of the molecule is C=C(Nc1nc2ccc(C)cc2s1)N1CCN(c2ncccc2Cl)CC1.C=C(Nc1nc2ccc(Cl)cc2s1)N1CCN(c2ncccc2Cl)CC1.C=O.C[C@@H]1CN(c2ncccc2C(F)(F)F)CCN1C(=O)Nc1nc2ccc(Cl)cc2s1.Cc1ccc2nc(NC(=O)N3CCN(c4ncccc4C(F)(F)F)C[C@H]3C)sc2c1.Cc1ccc2nc(NC(=O)N3CCN(c4ncccc4Cl)CC3)sc2c1. The number of nitrogens with one attached hydrogen (secondary N) is 5. The second kappa shape index (κ2) is 45.8. The molecular weight excluding hydrogens is 2010 g/mol. The Bertz CT molecular complexity index is 6400. The number of hydrogen-bond acceptors (Lipinski definition) is 28. The van der Waals surface area contributed by atoms with Crippen molar-refractivity contribution >= 4 is 245 Å². The third kappa shape index (κ3) is 25.6. The van der Waals surface area contributed by atoms with E-state index in [9.17, 15) is 40.7 Å². The van der Waals surface area contributed by atoms with Gasteiger partial charge in [-0.05, 0) is 185 Å². The van der Waals surface area contributed by atoms with Crippen molar-refractivity contribution in [3.63, 3.8) is 0 Å². The van der Waals surface area contributed by atoms with Gasteiger partial charge in [0.25, 0.3) is 0 Å². The topological polar surface area (TPSA) is 290 Å². The molecule has 5 aliphatic rings. The number of carbonyl (C=O) groups excluding carboxylic acids is 4. The van der Waals surface area contributed by atoms with Crippen LogP contribution in [0.5, 0.6) is 0 Å². The van der Waals surface area contributed by atoms with Gasteiger partial charge in [-0.15, -0.1) is 0 Å². The lowest BCUT2D eigenvalue weighted by atomic mass is 10.1. The molecular formula is C95H94Cl5F6N25O4S5. The van der Waals surface area contributed by atoms with E-state index in [2.05, 4.69) is 145 Å². The van der Waals surface area contributed by atoms with Crippen molar-refractivity contribution in [1.82, 2.24) is 74.3 Å². The van der Waals surface area contributed by atoms with E-state index in [1.807, 2.05) is 112 Å². The summed E-state index contributed by atoms with van der Waals surface area (Å²) in [4.78, 5) is 109. The number of thiazole rings is 5. The predicted octanol–water partition coefficient (Wildman–Crippen LogP) is 22.8. The molecule has 5 aliphatic heterocycles. The lowest BCUT2D eigenvalue weighted by Gasteiger charge is -2.40. The van der Waals surface area contributed by atoms with E-state index in [0.717, 1.165) is 161 Å². The Hall–Kier alpha value is -12.5. The van der Waals surface area contributed by atoms with Crippen LogP contribution in [0.3, 0.4) is 0 Å². The average Bonchev–Trinajstić information content (AvgIpc) is 0.975. The number of urea groups is 3. The Morgan fingerprint density at radius 2 is 0.600 bits per heavy atom. The number of rotatable bonds is 14. The number of hydrogen-bond donors (Lipinski definition) is 5. The van der Waals surface area contributed by atoms with Gasteiger partial charge in [0.1, 0.15) is 47.5 Å². The minimum atomic E-state index is -4.49.